The van der Waals surface area contributed by atoms with E-state index in [2.05, 4.69) is 25.8 Å². The van der Waals surface area contributed by atoms with Crippen LogP contribution in [0.25, 0.3) is 5.69 Å². The van der Waals surface area contributed by atoms with Gasteiger partial charge in [0.2, 0.25) is 11.1 Å². The van der Waals surface area contributed by atoms with Crippen LogP contribution in [0.5, 0.6) is 5.75 Å². The molecule has 0 unspecified atom stereocenters. The molecule has 1 aromatic carbocycles. The van der Waals surface area contributed by atoms with Gasteiger partial charge in [-0.1, -0.05) is 35.5 Å². The molecule has 8 nitrogen and oxygen atoms in total. The van der Waals surface area contributed by atoms with Gasteiger partial charge in [0.1, 0.15) is 17.3 Å². The maximum atomic E-state index is 12.1. The zero-order valence-electron chi connectivity index (χ0n) is 13.1. The number of methoxy groups -OCH3 is 1. The van der Waals surface area contributed by atoms with Crippen LogP contribution in [0.4, 0.5) is 5.82 Å². The van der Waals surface area contributed by atoms with Gasteiger partial charge in [0.05, 0.1) is 17.9 Å². The SMILES string of the molecule is COc1ccccc1-n1nnnc1SCC(=O)Nc1ccc(Cl)cn1. The summed E-state index contributed by atoms with van der Waals surface area (Å²) >= 11 is 6.97. The Hall–Kier alpha value is -2.65. The summed E-state index contributed by atoms with van der Waals surface area (Å²) in [5.41, 5.74) is 0.692. The van der Waals surface area contributed by atoms with Crippen molar-refractivity contribution >= 4 is 35.1 Å². The van der Waals surface area contributed by atoms with Crippen LogP contribution < -0.4 is 10.1 Å². The van der Waals surface area contributed by atoms with Gasteiger partial charge >= 0.3 is 0 Å². The molecule has 128 valence electrons. The average Bonchev–Trinajstić information content (AvgIpc) is 3.10. The minimum atomic E-state index is -0.227. The Kier molecular flexibility index (Phi) is 5.46. The number of tetrazole rings is 1. The minimum Gasteiger partial charge on any atom is -0.494 e. The van der Waals surface area contributed by atoms with Gasteiger partial charge in [0.15, 0.2) is 0 Å². The van der Waals surface area contributed by atoms with Gasteiger partial charge < -0.3 is 10.1 Å². The monoisotopic (exact) mass is 376 g/mol. The molecule has 0 spiro atoms. The summed E-state index contributed by atoms with van der Waals surface area (Å²) in [5, 5.41) is 15.3. The third kappa shape index (κ3) is 4.25. The molecule has 0 aliphatic rings. The van der Waals surface area contributed by atoms with Crippen LogP contribution in [0, 0.1) is 0 Å². The van der Waals surface area contributed by atoms with Crippen molar-refractivity contribution in [2.24, 2.45) is 0 Å². The zero-order chi connectivity index (χ0) is 17.6. The molecule has 2 aromatic heterocycles. The van der Waals surface area contributed by atoms with Crippen LogP contribution in [0.3, 0.4) is 0 Å². The molecule has 1 amide bonds. The largest absolute Gasteiger partial charge is 0.494 e. The first kappa shape index (κ1) is 17.2. The average molecular weight is 377 g/mol. The second kappa shape index (κ2) is 7.95. The lowest BCUT2D eigenvalue weighted by molar-refractivity contribution is -0.113. The van der Waals surface area contributed by atoms with Gasteiger partial charge in [-0.2, -0.15) is 4.68 Å². The van der Waals surface area contributed by atoms with Crippen molar-refractivity contribution < 1.29 is 9.53 Å². The van der Waals surface area contributed by atoms with Crippen molar-refractivity contribution in [2.45, 2.75) is 5.16 Å². The van der Waals surface area contributed by atoms with E-state index in [1.165, 1.54) is 22.6 Å². The number of hydrogen-bond donors (Lipinski definition) is 1. The summed E-state index contributed by atoms with van der Waals surface area (Å²) in [5.74, 6) is 0.958. The highest BCUT2D eigenvalue weighted by Crippen LogP contribution is 2.25. The Morgan fingerprint density at radius 1 is 1.32 bits per heavy atom. The highest BCUT2D eigenvalue weighted by molar-refractivity contribution is 7.99. The van der Waals surface area contributed by atoms with E-state index >= 15 is 0 Å². The van der Waals surface area contributed by atoms with Crippen molar-refractivity contribution in [1.29, 1.82) is 0 Å². The normalized spacial score (nSPS) is 10.5. The predicted molar refractivity (Wildman–Crippen MR) is 94.3 cm³/mol. The third-order valence-corrected chi connectivity index (χ3v) is 4.22. The summed E-state index contributed by atoms with van der Waals surface area (Å²) in [7, 11) is 1.57. The van der Waals surface area contributed by atoms with E-state index in [0.717, 1.165) is 0 Å². The summed E-state index contributed by atoms with van der Waals surface area (Å²) in [6, 6.07) is 10.6. The second-order valence-corrected chi connectivity index (χ2v) is 6.12. The molecule has 3 rings (SSSR count). The van der Waals surface area contributed by atoms with Crippen LogP contribution in [0.1, 0.15) is 0 Å². The fourth-order valence-corrected chi connectivity index (χ4v) is 2.78. The number of benzene rings is 1. The first-order chi connectivity index (χ1) is 12.2. The van der Waals surface area contributed by atoms with Gasteiger partial charge in [-0.25, -0.2) is 4.98 Å². The lowest BCUT2D eigenvalue weighted by Crippen LogP contribution is -2.15. The summed E-state index contributed by atoms with van der Waals surface area (Å²) in [6.45, 7) is 0. The molecule has 0 radical (unpaired) electrons. The molecule has 0 saturated heterocycles. The number of carbonyl (C=O) groups is 1. The Labute approximate surface area is 152 Å². The van der Waals surface area contributed by atoms with Crippen LogP contribution >= 0.6 is 23.4 Å². The highest BCUT2D eigenvalue weighted by atomic mass is 35.5. The molecule has 0 aliphatic carbocycles. The number of aromatic nitrogens is 5. The van der Waals surface area contributed by atoms with Crippen molar-refractivity contribution in [2.75, 3.05) is 18.2 Å². The van der Waals surface area contributed by atoms with E-state index in [4.69, 9.17) is 16.3 Å². The number of thioether (sulfide) groups is 1. The minimum absolute atomic E-state index is 0.125. The van der Waals surface area contributed by atoms with Crippen molar-refractivity contribution in [3.63, 3.8) is 0 Å². The van der Waals surface area contributed by atoms with Crippen LogP contribution in [0.15, 0.2) is 47.8 Å². The summed E-state index contributed by atoms with van der Waals surface area (Å²) in [4.78, 5) is 16.1. The van der Waals surface area contributed by atoms with E-state index in [9.17, 15) is 4.79 Å². The van der Waals surface area contributed by atoms with Crippen molar-refractivity contribution in [3.05, 3.63) is 47.6 Å². The van der Waals surface area contributed by atoms with Gasteiger partial charge in [0, 0.05) is 6.20 Å². The number of nitrogens with zero attached hydrogens (tertiary/aromatic N) is 5. The number of carbonyl (C=O) groups excluding carboxylic acids is 1. The van der Waals surface area contributed by atoms with Gasteiger partial charge in [-0.05, 0) is 34.7 Å². The molecule has 3 aromatic rings. The topological polar surface area (TPSA) is 94.8 Å². The Morgan fingerprint density at radius 2 is 2.16 bits per heavy atom. The number of ether oxygens (including phenoxy) is 1. The Bertz CT molecular complexity index is 870. The highest BCUT2D eigenvalue weighted by Gasteiger charge is 2.14. The number of halogens is 1. The van der Waals surface area contributed by atoms with Crippen LogP contribution in [0.2, 0.25) is 5.02 Å². The molecule has 2 heterocycles. The molecule has 25 heavy (non-hydrogen) atoms. The lowest BCUT2D eigenvalue weighted by Gasteiger charge is -2.09. The Balaban J connectivity index is 1.67. The molecule has 0 fully saturated rings. The molecule has 0 bridgehead atoms. The Morgan fingerprint density at radius 3 is 2.92 bits per heavy atom. The number of anilines is 1. The standard InChI is InChI=1S/C15H13ClN6O2S/c1-24-12-5-3-2-4-11(12)22-15(19-20-21-22)25-9-14(23)18-13-7-6-10(16)8-17-13/h2-8H,9H2,1H3,(H,17,18,23). The van der Waals surface area contributed by atoms with Crippen LogP contribution in [-0.2, 0) is 4.79 Å². The van der Waals surface area contributed by atoms with Gasteiger partial charge in [0.25, 0.3) is 0 Å². The summed E-state index contributed by atoms with van der Waals surface area (Å²) < 4.78 is 6.84. The van der Waals surface area contributed by atoms with Crippen LogP contribution in [-0.4, -0.2) is 44.0 Å². The molecule has 1 N–H and O–H groups in total. The number of hydrogen-bond acceptors (Lipinski definition) is 7. The number of nitrogens with one attached hydrogen (secondary N) is 1. The molecular weight excluding hydrogens is 364 g/mol. The second-order valence-electron chi connectivity index (χ2n) is 4.74. The van der Waals surface area contributed by atoms with Crippen molar-refractivity contribution in [3.8, 4) is 11.4 Å². The fourth-order valence-electron chi connectivity index (χ4n) is 1.98. The van der Waals surface area contributed by atoms with E-state index in [0.29, 0.717) is 27.4 Å². The van der Waals surface area contributed by atoms with E-state index in [1.807, 2.05) is 24.3 Å². The molecule has 0 atom stereocenters. The van der Waals surface area contributed by atoms with Gasteiger partial charge in [-0.3, -0.25) is 4.79 Å². The molecular formula is C15H13ClN6O2S. The maximum Gasteiger partial charge on any atom is 0.236 e. The predicted octanol–water partition coefficient (Wildman–Crippen LogP) is 2.45. The number of amides is 1. The van der Waals surface area contributed by atoms with E-state index in [-0.39, 0.29) is 11.7 Å². The fraction of sp³-hybridized carbons (Fsp3) is 0.133. The summed E-state index contributed by atoms with van der Waals surface area (Å²) in [6.07, 6.45) is 1.46. The molecule has 0 saturated carbocycles. The van der Waals surface area contributed by atoms with E-state index in [1.54, 1.807) is 19.2 Å². The lowest BCUT2D eigenvalue weighted by atomic mass is 10.3. The van der Waals surface area contributed by atoms with Crippen molar-refractivity contribution in [1.82, 2.24) is 25.2 Å². The quantitative estimate of drug-likeness (QED) is 0.660. The molecule has 0 aliphatic heterocycles. The number of pyridine rings is 1. The number of para-hydroxylation sites is 2. The maximum absolute atomic E-state index is 12.1. The van der Waals surface area contributed by atoms with Gasteiger partial charge in [-0.15, -0.1) is 5.10 Å². The first-order valence-electron chi connectivity index (χ1n) is 7.13. The first-order valence-corrected chi connectivity index (χ1v) is 8.49. The smallest absolute Gasteiger partial charge is 0.236 e. The third-order valence-electron chi connectivity index (χ3n) is 3.08. The number of rotatable bonds is 6. The molecule has 10 heteroatoms. The van der Waals surface area contributed by atoms with E-state index < -0.39 is 0 Å². The zero-order valence-corrected chi connectivity index (χ0v) is 14.7.